The number of thioether (sulfide) groups is 1. The maximum absolute atomic E-state index is 13.9. The van der Waals surface area contributed by atoms with Crippen molar-refractivity contribution in [1.82, 2.24) is 36.1 Å². The van der Waals surface area contributed by atoms with Gasteiger partial charge in [0.1, 0.15) is 17.3 Å². The van der Waals surface area contributed by atoms with Crippen molar-refractivity contribution in [3.8, 4) is 11.5 Å². The lowest BCUT2D eigenvalue weighted by Crippen LogP contribution is -2.48. The fourth-order valence-electron chi connectivity index (χ4n) is 10.0. The molecule has 3 aromatic rings. The van der Waals surface area contributed by atoms with Crippen LogP contribution >= 0.6 is 11.8 Å². The predicted molar refractivity (Wildman–Crippen MR) is 304 cm³/mol. The fraction of sp³-hybridized carbons (Fsp3) is 0.564. The maximum atomic E-state index is 13.9. The number of methoxy groups -OCH3 is 2. The van der Waals surface area contributed by atoms with Crippen LogP contribution in [0.15, 0.2) is 43.1 Å². The van der Waals surface area contributed by atoms with Gasteiger partial charge in [0.2, 0.25) is 29.6 Å². The molecule has 5 heterocycles. The number of ether oxygens (including phenoxy) is 5. The van der Waals surface area contributed by atoms with Crippen LogP contribution in [0.25, 0.3) is 0 Å². The number of aromatic nitrogens is 2. The number of nitrogens with one attached hydrogen (secondary N) is 6. The summed E-state index contributed by atoms with van der Waals surface area (Å²) in [4.78, 5) is 92.3. The van der Waals surface area contributed by atoms with Crippen LogP contribution in [-0.2, 0) is 39.9 Å². The van der Waals surface area contributed by atoms with E-state index < -0.39 is 5.91 Å². The Morgan fingerprint density at radius 2 is 1.44 bits per heavy atom. The second-order valence-electron chi connectivity index (χ2n) is 19.7. The quantitative estimate of drug-likeness (QED) is 0.0276. The average Bonchev–Trinajstić information content (AvgIpc) is 4.13. The molecule has 0 bridgehead atoms. The molecule has 23 nitrogen and oxygen atoms in total. The van der Waals surface area contributed by atoms with Gasteiger partial charge in [0.15, 0.2) is 0 Å². The molecule has 3 saturated heterocycles. The second kappa shape index (κ2) is 29.9. The number of fused-ring (bicyclic) bond motifs is 2. The molecule has 3 fully saturated rings. The highest BCUT2D eigenvalue weighted by Gasteiger charge is 2.42. The number of piperazine rings is 1. The summed E-state index contributed by atoms with van der Waals surface area (Å²) < 4.78 is 28.0. The Labute approximate surface area is 467 Å². The van der Waals surface area contributed by atoms with Gasteiger partial charge in [-0.15, -0.1) is 0 Å². The summed E-state index contributed by atoms with van der Waals surface area (Å²) >= 11 is 1.89. The summed E-state index contributed by atoms with van der Waals surface area (Å²) in [5.74, 6) is 2.35. The molecule has 7 rings (SSSR count). The van der Waals surface area contributed by atoms with E-state index in [-0.39, 0.29) is 67.2 Å². The molecule has 8 amide bonds. The lowest BCUT2D eigenvalue weighted by Gasteiger charge is -2.36. The molecule has 0 spiro atoms. The molecular formula is C55H78N12O11S. The Morgan fingerprint density at radius 3 is 2.09 bits per heavy atom. The van der Waals surface area contributed by atoms with Crippen LogP contribution in [0.2, 0.25) is 0 Å². The molecule has 0 radical (unpaired) electrons. The van der Waals surface area contributed by atoms with Gasteiger partial charge >= 0.3 is 12.1 Å². The summed E-state index contributed by atoms with van der Waals surface area (Å²) in [5, 5.41) is 18.3. The lowest BCUT2D eigenvalue weighted by molar-refractivity contribution is -0.131. The molecule has 79 heavy (non-hydrogen) atoms. The van der Waals surface area contributed by atoms with Crippen molar-refractivity contribution in [2.24, 2.45) is 0 Å². The third-order valence-corrected chi connectivity index (χ3v) is 15.8. The van der Waals surface area contributed by atoms with Gasteiger partial charge in [-0.3, -0.25) is 29.0 Å². The van der Waals surface area contributed by atoms with E-state index in [0.717, 1.165) is 53.8 Å². The van der Waals surface area contributed by atoms with E-state index in [1.165, 1.54) is 11.0 Å². The Balaban J connectivity index is 0.719. The predicted octanol–water partition coefficient (Wildman–Crippen LogP) is 5.16. The molecule has 3 atom stereocenters. The number of unbranched alkanes of at least 4 members (excludes halogenated alkanes) is 1. The lowest BCUT2D eigenvalue weighted by atomic mass is 10.0. The third kappa shape index (κ3) is 16.6. The zero-order valence-electron chi connectivity index (χ0n) is 46.2. The molecular weight excluding hydrogens is 1040 g/mol. The van der Waals surface area contributed by atoms with E-state index in [2.05, 4.69) is 48.4 Å². The van der Waals surface area contributed by atoms with Crippen LogP contribution in [0.4, 0.5) is 44.1 Å². The Morgan fingerprint density at radius 1 is 0.797 bits per heavy atom. The maximum Gasteiger partial charge on any atom is 0.330 e. The molecule has 0 unspecified atom stereocenters. The topological polar surface area (TPSA) is 259 Å². The number of hydrogen-bond acceptors (Lipinski definition) is 16. The van der Waals surface area contributed by atoms with Gasteiger partial charge in [-0.25, -0.2) is 14.6 Å². The number of nitrogens with zero attached hydrogens (tertiary/aromatic N) is 6. The number of anilines is 6. The first-order valence-electron chi connectivity index (χ1n) is 27.2. The number of urea groups is 2. The van der Waals surface area contributed by atoms with Crippen LogP contribution < -0.4 is 56.1 Å². The molecule has 2 aromatic carbocycles. The van der Waals surface area contributed by atoms with Gasteiger partial charge in [-0.05, 0) is 70.2 Å². The minimum absolute atomic E-state index is 0.000781. The van der Waals surface area contributed by atoms with Crippen molar-refractivity contribution in [2.45, 2.75) is 95.5 Å². The van der Waals surface area contributed by atoms with Gasteiger partial charge in [0, 0.05) is 124 Å². The van der Waals surface area contributed by atoms with Crippen LogP contribution in [0.1, 0.15) is 74.5 Å². The van der Waals surface area contributed by atoms with Crippen LogP contribution in [0, 0.1) is 13.8 Å². The highest BCUT2D eigenvalue weighted by atomic mass is 32.2. The largest absolute Gasteiger partial charge is 0.496 e. The summed E-state index contributed by atoms with van der Waals surface area (Å²) in [5.41, 5.74) is 4.84. The highest BCUT2D eigenvalue weighted by Crippen LogP contribution is 2.42. The third-order valence-electron chi connectivity index (χ3n) is 14.3. The molecule has 0 saturated carbocycles. The first-order valence-corrected chi connectivity index (χ1v) is 28.3. The van der Waals surface area contributed by atoms with Crippen molar-refractivity contribution >= 4 is 82.0 Å². The molecule has 4 aliphatic heterocycles. The standard InChI is InChI=1S/C55H78N12O11S/c1-7-46(68)59-41-31-39(17-18-40(41)60-53-58-33-38-34-67(55(73)64(4)52(38)63-53)51-36(2)43(74-5)32-44(75-6)37(51)3)65-21-23-66(24-22-65)49(71)16-10-15-48(70)57-20-12-26-77-28-30-78-29-27-76-25-11-19-56-47(69)14-9-8-13-45-50-42(35-79-45)61-54(72)62-50/h7,17-18,31-33,42,45,50H,1,8-16,19-30,34-35H2,2-6H3,(H,56,69)(H,57,70)(H,59,68)(H,58,60,63)(H2,61,62,72)/t42-,45-,50-/m0/s1. The van der Waals surface area contributed by atoms with E-state index in [9.17, 15) is 28.8 Å². The minimum atomic E-state index is -0.406. The average molecular weight is 1120 g/mol. The van der Waals surface area contributed by atoms with E-state index in [1.54, 1.807) is 38.4 Å². The van der Waals surface area contributed by atoms with E-state index >= 15 is 0 Å². The Hall–Kier alpha value is -6.89. The number of amides is 8. The number of carbonyl (C=O) groups is 6. The van der Waals surface area contributed by atoms with Gasteiger partial charge in [0.25, 0.3) is 0 Å². The van der Waals surface area contributed by atoms with E-state index in [0.29, 0.717) is 138 Å². The van der Waals surface area contributed by atoms with Crippen LogP contribution in [0.3, 0.4) is 0 Å². The van der Waals surface area contributed by atoms with Crippen molar-refractivity contribution < 1.29 is 52.5 Å². The molecule has 6 N–H and O–H groups in total. The number of benzene rings is 2. The zero-order valence-corrected chi connectivity index (χ0v) is 47.1. The first kappa shape index (κ1) is 59.8. The Bertz CT molecular complexity index is 2590. The van der Waals surface area contributed by atoms with Crippen LogP contribution in [0.5, 0.6) is 11.5 Å². The zero-order chi connectivity index (χ0) is 56.3. The SMILES string of the molecule is C=CC(=O)Nc1cc(N2CCN(C(=O)CCCC(=O)NCCCOCCOCCOCCCNC(=O)CCCC[C@@H]3SC[C@@H]4NC(=O)N[C@@H]43)CC2)ccc1Nc1ncc2c(n1)N(C)C(=O)N(c1c(C)c(OC)cc(OC)c1C)C2. The van der Waals surface area contributed by atoms with Crippen molar-refractivity contribution in [1.29, 1.82) is 0 Å². The fourth-order valence-corrected chi connectivity index (χ4v) is 11.6. The second-order valence-corrected chi connectivity index (χ2v) is 21.0. The van der Waals surface area contributed by atoms with Gasteiger partial charge in [-0.1, -0.05) is 13.0 Å². The van der Waals surface area contributed by atoms with Crippen LogP contribution in [-0.4, -0.2) is 174 Å². The van der Waals surface area contributed by atoms with E-state index in [4.69, 9.17) is 28.7 Å². The van der Waals surface area contributed by atoms with E-state index in [1.807, 2.05) is 48.7 Å². The summed E-state index contributed by atoms with van der Waals surface area (Å²) in [6.07, 6.45) is 8.52. The summed E-state index contributed by atoms with van der Waals surface area (Å²) in [7, 11) is 4.81. The molecule has 1 aromatic heterocycles. The Kier molecular flexibility index (Phi) is 22.6. The summed E-state index contributed by atoms with van der Waals surface area (Å²) in [6, 6.07) is 7.47. The smallest absolute Gasteiger partial charge is 0.330 e. The summed E-state index contributed by atoms with van der Waals surface area (Å²) in [6.45, 7) is 13.6. The minimum Gasteiger partial charge on any atom is -0.496 e. The first-order chi connectivity index (χ1) is 38.3. The molecule has 24 heteroatoms. The highest BCUT2D eigenvalue weighted by molar-refractivity contribution is 8.00. The number of rotatable bonds is 31. The van der Waals surface area contributed by atoms with Crippen molar-refractivity contribution in [3.05, 3.63) is 59.8 Å². The van der Waals surface area contributed by atoms with Gasteiger partial charge in [0.05, 0.1) is 76.3 Å². The molecule has 0 aliphatic carbocycles. The van der Waals surface area contributed by atoms with Crippen molar-refractivity contribution in [3.63, 3.8) is 0 Å². The van der Waals surface area contributed by atoms with Gasteiger partial charge in [-0.2, -0.15) is 16.7 Å². The normalized spacial score (nSPS) is 17.6. The monoisotopic (exact) mass is 1110 g/mol. The molecule has 4 aliphatic rings. The van der Waals surface area contributed by atoms with Crippen molar-refractivity contribution in [2.75, 3.05) is 131 Å². The van der Waals surface area contributed by atoms with Gasteiger partial charge < -0.3 is 65.4 Å². The number of carbonyl (C=O) groups excluding carboxylic acids is 6. The molecule has 430 valence electrons. The number of hydrogen-bond donors (Lipinski definition) is 6.